The highest BCUT2D eigenvalue weighted by molar-refractivity contribution is 5.50. The van der Waals surface area contributed by atoms with E-state index in [2.05, 4.69) is 10.1 Å². The van der Waals surface area contributed by atoms with Crippen molar-refractivity contribution in [2.75, 3.05) is 7.11 Å². The van der Waals surface area contributed by atoms with Gasteiger partial charge in [-0.3, -0.25) is 10.1 Å². The number of benzene rings is 1. The second kappa shape index (κ2) is 5.84. The first-order chi connectivity index (χ1) is 11.0. The van der Waals surface area contributed by atoms with E-state index in [4.69, 9.17) is 19.7 Å². The molecule has 0 unspecified atom stereocenters. The van der Waals surface area contributed by atoms with Crippen molar-refractivity contribution in [2.24, 2.45) is 5.73 Å². The largest absolute Gasteiger partial charge is 0.490 e. The van der Waals surface area contributed by atoms with Crippen LogP contribution in [0.4, 0.5) is 5.69 Å². The van der Waals surface area contributed by atoms with Gasteiger partial charge in [0.1, 0.15) is 5.75 Å². The molecule has 0 radical (unpaired) electrons. The van der Waals surface area contributed by atoms with Gasteiger partial charge in [-0.25, -0.2) is 0 Å². The van der Waals surface area contributed by atoms with Crippen LogP contribution in [0.5, 0.6) is 11.5 Å². The van der Waals surface area contributed by atoms with Crippen LogP contribution >= 0.6 is 0 Å². The summed E-state index contributed by atoms with van der Waals surface area (Å²) < 4.78 is 15.6. The smallest absolute Gasteiger partial charge is 0.311 e. The molecule has 1 saturated carbocycles. The fourth-order valence-corrected chi connectivity index (χ4v) is 2.34. The van der Waals surface area contributed by atoms with Gasteiger partial charge in [0, 0.05) is 12.1 Å². The van der Waals surface area contributed by atoms with Crippen molar-refractivity contribution in [1.82, 2.24) is 10.1 Å². The molecule has 0 spiro atoms. The van der Waals surface area contributed by atoms with Gasteiger partial charge in [-0.2, -0.15) is 4.98 Å². The van der Waals surface area contributed by atoms with Gasteiger partial charge in [0.25, 0.3) is 5.89 Å². The summed E-state index contributed by atoms with van der Waals surface area (Å²) in [5.74, 6) is 1.31. The van der Waals surface area contributed by atoms with Crippen molar-refractivity contribution in [3.63, 3.8) is 0 Å². The Morgan fingerprint density at radius 2 is 2.26 bits per heavy atom. The number of methoxy groups -OCH3 is 1. The Balaban J connectivity index is 1.67. The number of nitrogens with two attached hydrogens (primary N) is 1. The van der Waals surface area contributed by atoms with E-state index in [1.165, 1.54) is 25.3 Å². The SMILES string of the molecule is COc1cc(OCc2nc(C3(N)CCC3)no2)ccc1[N+](=O)[O-]. The number of rotatable bonds is 6. The van der Waals surface area contributed by atoms with Crippen molar-refractivity contribution < 1.29 is 18.9 Å². The topological polar surface area (TPSA) is 127 Å². The average Bonchev–Trinajstić information content (AvgIpc) is 2.99. The lowest BCUT2D eigenvalue weighted by Crippen LogP contribution is -2.44. The summed E-state index contributed by atoms with van der Waals surface area (Å²) in [5, 5.41) is 14.7. The van der Waals surface area contributed by atoms with Gasteiger partial charge in [-0.05, 0) is 25.3 Å². The molecule has 122 valence electrons. The van der Waals surface area contributed by atoms with Crippen molar-refractivity contribution in [2.45, 2.75) is 31.4 Å². The van der Waals surface area contributed by atoms with Crippen molar-refractivity contribution >= 4 is 5.69 Å². The third kappa shape index (κ3) is 2.95. The van der Waals surface area contributed by atoms with Gasteiger partial charge in [-0.1, -0.05) is 5.16 Å². The number of ether oxygens (including phenoxy) is 2. The maximum absolute atomic E-state index is 10.8. The molecule has 9 heteroatoms. The summed E-state index contributed by atoms with van der Waals surface area (Å²) in [5.41, 5.74) is 5.50. The maximum Gasteiger partial charge on any atom is 0.311 e. The first-order valence-corrected chi connectivity index (χ1v) is 7.09. The molecule has 2 aromatic rings. The van der Waals surface area contributed by atoms with E-state index < -0.39 is 10.5 Å². The molecular formula is C14H16N4O5. The third-order valence-corrected chi connectivity index (χ3v) is 3.87. The second-order valence-corrected chi connectivity index (χ2v) is 5.40. The fraction of sp³-hybridized carbons (Fsp3) is 0.429. The lowest BCUT2D eigenvalue weighted by molar-refractivity contribution is -0.385. The average molecular weight is 320 g/mol. The molecule has 1 aliphatic carbocycles. The molecule has 23 heavy (non-hydrogen) atoms. The summed E-state index contributed by atoms with van der Waals surface area (Å²) >= 11 is 0. The molecule has 0 amide bonds. The lowest BCUT2D eigenvalue weighted by Gasteiger charge is -2.34. The minimum Gasteiger partial charge on any atom is -0.490 e. The van der Waals surface area contributed by atoms with Gasteiger partial charge in [-0.15, -0.1) is 0 Å². The predicted molar refractivity (Wildman–Crippen MR) is 78.0 cm³/mol. The Bertz CT molecular complexity index is 726. The highest BCUT2D eigenvalue weighted by Gasteiger charge is 2.39. The standard InChI is InChI=1S/C14H16N4O5/c1-21-11-7-9(3-4-10(11)18(19)20)22-8-12-16-13(17-23-12)14(15)5-2-6-14/h3-4,7H,2,5-6,8,15H2,1H3. The highest BCUT2D eigenvalue weighted by atomic mass is 16.6. The van der Waals surface area contributed by atoms with Gasteiger partial charge in [0.15, 0.2) is 12.4 Å². The molecule has 0 saturated heterocycles. The first-order valence-electron chi connectivity index (χ1n) is 7.09. The second-order valence-electron chi connectivity index (χ2n) is 5.40. The van der Waals surface area contributed by atoms with Gasteiger partial charge in [0.05, 0.1) is 17.6 Å². The summed E-state index contributed by atoms with van der Waals surface area (Å²) in [6, 6.07) is 4.23. The lowest BCUT2D eigenvalue weighted by atomic mass is 9.77. The van der Waals surface area contributed by atoms with Gasteiger partial charge in [0.2, 0.25) is 5.75 Å². The minimum absolute atomic E-state index is 0.0457. The first kappa shape index (κ1) is 15.2. The Hall–Kier alpha value is -2.68. The monoisotopic (exact) mass is 320 g/mol. The number of aromatic nitrogens is 2. The zero-order valence-electron chi connectivity index (χ0n) is 12.5. The van der Waals surface area contributed by atoms with Crippen LogP contribution in [0.2, 0.25) is 0 Å². The van der Waals surface area contributed by atoms with E-state index in [1.54, 1.807) is 0 Å². The molecule has 1 heterocycles. The van der Waals surface area contributed by atoms with Crippen LogP contribution in [0.25, 0.3) is 0 Å². The van der Waals surface area contributed by atoms with Crippen LogP contribution in [-0.2, 0) is 12.1 Å². The van der Waals surface area contributed by atoms with Crippen molar-refractivity contribution in [3.05, 3.63) is 40.0 Å². The molecule has 1 aromatic heterocycles. The van der Waals surface area contributed by atoms with Crippen molar-refractivity contribution in [1.29, 1.82) is 0 Å². The van der Waals surface area contributed by atoms with Crippen LogP contribution < -0.4 is 15.2 Å². The van der Waals surface area contributed by atoms with Crippen LogP contribution in [0.1, 0.15) is 31.0 Å². The number of hydrogen-bond donors (Lipinski definition) is 1. The number of nitrogens with zero attached hydrogens (tertiary/aromatic N) is 3. The zero-order chi connectivity index (χ0) is 16.4. The molecule has 1 aromatic carbocycles. The van der Waals surface area contributed by atoms with Crippen LogP contribution in [0.3, 0.4) is 0 Å². The van der Waals surface area contributed by atoms with Crippen LogP contribution in [0, 0.1) is 10.1 Å². The van der Waals surface area contributed by atoms with E-state index in [-0.39, 0.29) is 18.0 Å². The Labute approximate surface area is 131 Å². The van der Waals surface area contributed by atoms with E-state index in [9.17, 15) is 10.1 Å². The molecule has 2 N–H and O–H groups in total. The van der Waals surface area contributed by atoms with E-state index >= 15 is 0 Å². The molecule has 3 rings (SSSR count). The van der Waals surface area contributed by atoms with Crippen LogP contribution in [-0.4, -0.2) is 22.2 Å². The summed E-state index contributed by atoms with van der Waals surface area (Å²) in [4.78, 5) is 14.6. The Kier molecular flexibility index (Phi) is 3.87. The van der Waals surface area contributed by atoms with E-state index in [0.29, 0.717) is 17.5 Å². The molecule has 0 atom stereocenters. The van der Waals surface area contributed by atoms with E-state index in [1.807, 2.05) is 0 Å². The quantitative estimate of drug-likeness (QED) is 0.631. The summed E-state index contributed by atoms with van der Waals surface area (Å²) in [7, 11) is 1.36. The molecule has 1 aliphatic rings. The maximum atomic E-state index is 10.8. The van der Waals surface area contributed by atoms with E-state index in [0.717, 1.165) is 19.3 Å². The minimum atomic E-state index is -0.522. The molecule has 0 aliphatic heterocycles. The predicted octanol–water partition coefficient (Wildman–Crippen LogP) is 1.90. The normalized spacial score (nSPS) is 15.7. The number of nitro benzene ring substituents is 1. The zero-order valence-corrected chi connectivity index (χ0v) is 12.5. The molecule has 9 nitrogen and oxygen atoms in total. The number of nitro groups is 1. The molecule has 0 bridgehead atoms. The van der Waals surface area contributed by atoms with Crippen molar-refractivity contribution in [3.8, 4) is 11.5 Å². The molecular weight excluding hydrogens is 304 g/mol. The summed E-state index contributed by atoms with van der Waals surface area (Å²) in [6.45, 7) is 0.0457. The Morgan fingerprint density at radius 3 is 2.87 bits per heavy atom. The molecule has 1 fully saturated rings. The fourth-order valence-electron chi connectivity index (χ4n) is 2.34. The van der Waals surface area contributed by atoms with Crippen LogP contribution in [0.15, 0.2) is 22.7 Å². The highest BCUT2D eigenvalue weighted by Crippen LogP contribution is 2.37. The Morgan fingerprint density at radius 1 is 1.48 bits per heavy atom. The summed E-state index contributed by atoms with van der Waals surface area (Å²) in [6.07, 6.45) is 2.73. The van der Waals surface area contributed by atoms with Gasteiger partial charge >= 0.3 is 5.69 Å². The van der Waals surface area contributed by atoms with Gasteiger partial charge < -0.3 is 19.7 Å². The number of hydrogen-bond acceptors (Lipinski definition) is 8. The third-order valence-electron chi connectivity index (χ3n) is 3.87.